The molecule has 1 N–H and O–H groups in total. The molecule has 1 amide bonds. The Hall–Kier alpha value is -1.95. The van der Waals surface area contributed by atoms with E-state index < -0.39 is 0 Å². The summed E-state index contributed by atoms with van der Waals surface area (Å²) in [5.74, 6) is 0.769. The van der Waals surface area contributed by atoms with E-state index in [0.29, 0.717) is 12.3 Å². The van der Waals surface area contributed by atoms with E-state index in [1.54, 1.807) is 11.5 Å². The topological polar surface area (TPSA) is 45.2 Å². The molecule has 0 bridgehead atoms. The fraction of sp³-hybridized carbons (Fsp3) is 0.417. The Morgan fingerprint density at radius 2 is 2.10 bits per heavy atom. The van der Waals surface area contributed by atoms with Crippen molar-refractivity contribution in [3.63, 3.8) is 0 Å². The predicted molar refractivity (Wildman–Crippen MR) is 125 cm³/mol. The van der Waals surface area contributed by atoms with Crippen LogP contribution in [0.5, 0.6) is 0 Å². The van der Waals surface area contributed by atoms with E-state index >= 15 is 0 Å². The Labute approximate surface area is 186 Å². The number of nitrogens with one attached hydrogen (secondary N) is 1. The SMILES string of the molecule is O=C1Cc2cc(CCN3CCCC(Cc4nsc5ccccc45)CC3)c(Cl)cc2N1. The van der Waals surface area contributed by atoms with Crippen molar-refractivity contribution in [3.05, 3.63) is 58.2 Å². The van der Waals surface area contributed by atoms with Gasteiger partial charge >= 0.3 is 0 Å². The van der Waals surface area contributed by atoms with Gasteiger partial charge in [0.15, 0.2) is 0 Å². The zero-order valence-corrected chi connectivity index (χ0v) is 18.6. The fourth-order valence-corrected chi connectivity index (χ4v) is 5.84. The number of nitrogens with zero attached hydrogens (tertiary/aromatic N) is 2. The monoisotopic (exact) mass is 439 g/mol. The average Bonchev–Trinajstić information content (AvgIpc) is 3.22. The van der Waals surface area contributed by atoms with Gasteiger partial charge in [0, 0.05) is 22.6 Å². The molecule has 1 aromatic heterocycles. The first kappa shape index (κ1) is 20.0. The largest absolute Gasteiger partial charge is 0.325 e. The standard InChI is InChI=1S/C24H26ClN3OS/c25-20-15-21-18(14-24(29)26-21)13-17(20)8-11-28-9-3-4-16(7-10-28)12-22-19-5-1-2-6-23(19)30-27-22/h1-2,5-6,13,15-16H,3-4,7-12,14H2,(H,26,29). The van der Waals surface area contributed by atoms with Crippen molar-refractivity contribution in [3.8, 4) is 0 Å². The first-order valence-electron chi connectivity index (χ1n) is 10.8. The van der Waals surface area contributed by atoms with Crippen LogP contribution in [0.25, 0.3) is 10.1 Å². The number of benzene rings is 2. The quantitative estimate of drug-likeness (QED) is 0.584. The Bertz CT molecular complexity index is 1080. The Kier molecular flexibility index (Phi) is 5.77. The number of hydrogen-bond donors (Lipinski definition) is 1. The number of amides is 1. The van der Waals surface area contributed by atoms with Gasteiger partial charge in [-0.2, -0.15) is 4.37 Å². The van der Waals surface area contributed by atoms with Crippen LogP contribution in [-0.4, -0.2) is 34.8 Å². The van der Waals surface area contributed by atoms with Crippen molar-refractivity contribution in [2.45, 2.75) is 38.5 Å². The Balaban J connectivity index is 1.18. The van der Waals surface area contributed by atoms with Crippen molar-refractivity contribution in [2.24, 2.45) is 5.92 Å². The lowest BCUT2D eigenvalue weighted by Gasteiger charge is -2.20. The summed E-state index contributed by atoms with van der Waals surface area (Å²) in [5.41, 5.74) is 4.38. The number of carbonyl (C=O) groups is 1. The van der Waals surface area contributed by atoms with Crippen molar-refractivity contribution in [1.29, 1.82) is 0 Å². The fourth-order valence-electron chi connectivity index (χ4n) is 4.78. The van der Waals surface area contributed by atoms with Crippen LogP contribution in [0, 0.1) is 5.92 Å². The van der Waals surface area contributed by atoms with Gasteiger partial charge in [0.1, 0.15) is 0 Å². The summed E-state index contributed by atoms with van der Waals surface area (Å²) in [4.78, 5) is 14.2. The summed E-state index contributed by atoms with van der Waals surface area (Å²) in [6.45, 7) is 3.30. The number of likely N-dealkylation sites (tertiary alicyclic amines) is 1. The predicted octanol–water partition coefficient (Wildman–Crippen LogP) is 5.33. The van der Waals surface area contributed by atoms with Crippen molar-refractivity contribution in [1.82, 2.24) is 9.27 Å². The third-order valence-corrected chi connectivity index (χ3v) is 7.69. The number of fused-ring (bicyclic) bond motifs is 2. The average molecular weight is 440 g/mol. The van der Waals surface area contributed by atoms with Crippen LogP contribution in [0.1, 0.15) is 36.1 Å². The normalized spacial score (nSPS) is 19.6. The number of halogens is 1. The lowest BCUT2D eigenvalue weighted by molar-refractivity contribution is -0.115. The Morgan fingerprint density at radius 3 is 3.03 bits per heavy atom. The summed E-state index contributed by atoms with van der Waals surface area (Å²) in [7, 11) is 0. The molecule has 0 aliphatic carbocycles. The van der Waals surface area contributed by atoms with Crippen LogP contribution in [-0.2, 0) is 24.1 Å². The van der Waals surface area contributed by atoms with Gasteiger partial charge in [0.05, 0.1) is 16.8 Å². The second-order valence-corrected chi connectivity index (χ2v) is 9.76. The molecule has 1 unspecified atom stereocenters. The molecule has 2 aliphatic rings. The lowest BCUT2D eigenvalue weighted by Crippen LogP contribution is -2.27. The molecular weight excluding hydrogens is 414 g/mol. The maximum Gasteiger partial charge on any atom is 0.228 e. The van der Waals surface area contributed by atoms with Gasteiger partial charge < -0.3 is 10.2 Å². The molecule has 1 saturated heterocycles. The summed E-state index contributed by atoms with van der Waals surface area (Å²) in [5, 5.41) is 4.97. The zero-order chi connectivity index (χ0) is 20.5. The van der Waals surface area contributed by atoms with Crippen LogP contribution in [0.4, 0.5) is 5.69 Å². The highest BCUT2D eigenvalue weighted by Gasteiger charge is 2.22. The molecule has 1 atom stereocenters. The number of anilines is 1. The van der Waals surface area contributed by atoms with Crippen molar-refractivity contribution < 1.29 is 4.79 Å². The molecule has 0 radical (unpaired) electrons. The minimum Gasteiger partial charge on any atom is -0.325 e. The van der Waals surface area contributed by atoms with E-state index in [2.05, 4.69) is 40.5 Å². The molecule has 0 saturated carbocycles. The molecule has 5 rings (SSSR count). The van der Waals surface area contributed by atoms with Crippen LogP contribution in [0.3, 0.4) is 0 Å². The summed E-state index contributed by atoms with van der Waals surface area (Å²) >= 11 is 8.11. The van der Waals surface area contributed by atoms with E-state index in [0.717, 1.165) is 54.3 Å². The molecule has 0 spiro atoms. The number of rotatable bonds is 5. The molecule has 2 aromatic carbocycles. The van der Waals surface area contributed by atoms with Gasteiger partial charge in [-0.3, -0.25) is 4.79 Å². The van der Waals surface area contributed by atoms with Crippen LogP contribution in [0.2, 0.25) is 5.02 Å². The molecule has 156 valence electrons. The van der Waals surface area contributed by atoms with Gasteiger partial charge in [-0.1, -0.05) is 35.9 Å². The summed E-state index contributed by atoms with van der Waals surface area (Å²) < 4.78 is 6.04. The molecular formula is C24H26ClN3OS. The van der Waals surface area contributed by atoms with Gasteiger partial charge in [-0.05, 0) is 85.9 Å². The van der Waals surface area contributed by atoms with Crippen LogP contribution in [0.15, 0.2) is 36.4 Å². The number of aromatic nitrogens is 1. The highest BCUT2D eigenvalue weighted by molar-refractivity contribution is 7.13. The second kappa shape index (κ2) is 8.66. The first-order chi connectivity index (χ1) is 14.7. The smallest absolute Gasteiger partial charge is 0.228 e. The molecule has 3 aromatic rings. The molecule has 1 fully saturated rings. The molecule has 4 nitrogen and oxygen atoms in total. The van der Waals surface area contributed by atoms with E-state index in [1.807, 2.05) is 6.07 Å². The highest BCUT2D eigenvalue weighted by Crippen LogP contribution is 2.31. The molecule has 30 heavy (non-hydrogen) atoms. The minimum atomic E-state index is 0.0599. The van der Waals surface area contributed by atoms with E-state index in [4.69, 9.17) is 16.0 Å². The second-order valence-electron chi connectivity index (χ2n) is 8.54. The van der Waals surface area contributed by atoms with Gasteiger partial charge in [0.2, 0.25) is 5.91 Å². The first-order valence-corrected chi connectivity index (χ1v) is 12.0. The molecule has 3 heterocycles. The lowest BCUT2D eigenvalue weighted by atomic mass is 9.94. The number of carbonyl (C=O) groups excluding carboxylic acids is 1. The van der Waals surface area contributed by atoms with Crippen molar-refractivity contribution >= 4 is 44.8 Å². The zero-order valence-electron chi connectivity index (χ0n) is 17.0. The maximum atomic E-state index is 11.6. The highest BCUT2D eigenvalue weighted by atomic mass is 35.5. The van der Waals surface area contributed by atoms with E-state index in [9.17, 15) is 4.79 Å². The van der Waals surface area contributed by atoms with Gasteiger partial charge in [0.25, 0.3) is 0 Å². The molecule has 6 heteroatoms. The Morgan fingerprint density at radius 1 is 1.20 bits per heavy atom. The third-order valence-electron chi connectivity index (χ3n) is 6.47. The third kappa shape index (κ3) is 4.25. The van der Waals surface area contributed by atoms with E-state index in [1.165, 1.54) is 35.0 Å². The maximum absolute atomic E-state index is 11.6. The summed E-state index contributed by atoms with van der Waals surface area (Å²) in [6, 6.07) is 12.6. The van der Waals surface area contributed by atoms with E-state index in [-0.39, 0.29) is 5.91 Å². The van der Waals surface area contributed by atoms with Gasteiger partial charge in [-0.25, -0.2) is 0 Å². The van der Waals surface area contributed by atoms with Crippen molar-refractivity contribution in [2.75, 3.05) is 25.0 Å². The van der Waals surface area contributed by atoms with Crippen LogP contribution >= 0.6 is 23.1 Å². The number of hydrogen-bond acceptors (Lipinski definition) is 4. The van der Waals surface area contributed by atoms with Gasteiger partial charge in [-0.15, -0.1) is 0 Å². The van der Waals surface area contributed by atoms with Crippen LogP contribution < -0.4 is 5.32 Å². The summed E-state index contributed by atoms with van der Waals surface area (Å²) in [6.07, 6.45) is 6.23. The molecule has 2 aliphatic heterocycles. The minimum absolute atomic E-state index is 0.0599.